The number of fused-ring (bicyclic) bond motifs is 1. The normalized spacial score (nSPS) is 16.1. The van der Waals surface area contributed by atoms with Crippen LogP contribution in [0.5, 0.6) is 0 Å². The first-order chi connectivity index (χ1) is 15.0. The smallest absolute Gasteiger partial charge is 0.325 e. The summed E-state index contributed by atoms with van der Waals surface area (Å²) in [5.41, 5.74) is 1.38. The van der Waals surface area contributed by atoms with Crippen LogP contribution in [-0.2, 0) is 11.3 Å². The first kappa shape index (κ1) is 21.1. The highest BCUT2D eigenvalue weighted by Gasteiger charge is 2.38. The number of carbonyl (C=O) groups excluding carboxylic acids is 2. The Bertz CT molecular complexity index is 1170. The number of nitro benzene ring substituents is 1. The molecule has 11 heteroatoms. The minimum Gasteiger partial charge on any atom is -0.338 e. The van der Waals surface area contributed by atoms with Crippen molar-refractivity contribution in [2.24, 2.45) is 0 Å². The van der Waals surface area contributed by atoms with Crippen LogP contribution in [0.3, 0.4) is 0 Å². The highest BCUT2D eigenvalue weighted by atomic mass is 35.5. The molecule has 2 heterocycles. The molecule has 1 fully saturated rings. The Morgan fingerprint density at radius 3 is 2.90 bits per heavy atom. The largest absolute Gasteiger partial charge is 0.338 e. The van der Waals surface area contributed by atoms with Gasteiger partial charge in [-0.3, -0.25) is 19.6 Å². The third-order valence-corrected chi connectivity index (χ3v) is 6.46. The molecule has 3 aromatic rings. The zero-order chi connectivity index (χ0) is 22.0. The fourth-order valence-corrected chi connectivity index (χ4v) is 4.90. The first-order valence-electron chi connectivity index (χ1n) is 9.51. The van der Waals surface area contributed by atoms with E-state index < -0.39 is 16.3 Å². The number of thioether (sulfide) groups is 1. The van der Waals surface area contributed by atoms with Crippen LogP contribution in [-0.4, -0.2) is 43.8 Å². The van der Waals surface area contributed by atoms with Gasteiger partial charge in [-0.05, 0) is 18.6 Å². The number of imide groups is 1. The molecular weight excluding hydrogens is 442 g/mol. The van der Waals surface area contributed by atoms with E-state index in [4.69, 9.17) is 11.6 Å². The van der Waals surface area contributed by atoms with Gasteiger partial charge in [0, 0.05) is 41.2 Å². The molecule has 2 aromatic carbocycles. The summed E-state index contributed by atoms with van der Waals surface area (Å²) in [5, 5.41) is 18.9. The van der Waals surface area contributed by atoms with Gasteiger partial charge in [-0.2, -0.15) is 5.10 Å². The van der Waals surface area contributed by atoms with E-state index in [0.29, 0.717) is 30.0 Å². The number of hydrogen-bond donors (Lipinski definition) is 1. The SMILES string of the molecule is O=C1CSC(c2ccccc2Cl)N1C(=O)NCCCn1ncc2ccc([N+](=O)[O-])cc21. The zero-order valence-electron chi connectivity index (χ0n) is 16.2. The summed E-state index contributed by atoms with van der Waals surface area (Å²) in [6.45, 7) is 0.778. The van der Waals surface area contributed by atoms with Crippen LogP contribution in [0, 0.1) is 10.1 Å². The van der Waals surface area contributed by atoms with E-state index in [1.165, 1.54) is 28.8 Å². The number of nitrogens with zero attached hydrogens (tertiary/aromatic N) is 4. The van der Waals surface area contributed by atoms with Crippen molar-refractivity contribution < 1.29 is 14.5 Å². The van der Waals surface area contributed by atoms with E-state index in [1.807, 2.05) is 6.07 Å². The molecular formula is C20H18ClN5O4S. The molecule has 0 saturated carbocycles. The molecule has 9 nitrogen and oxygen atoms in total. The number of rotatable bonds is 6. The number of nitro groups is 1. The molecule has 3 amide bonds. The molecule has 0 spiro atoms. The molecule has 31 heavy (non-hydrogen) atoms. The van der Waals surface area contributed by atoms with Gasteiger partial charge >= 0.3 is 6.03 Å². The molecule has 1 N–H and O–H groups in total. The van der Waals surface area contributed by atoms with Crippen LogP contribution in [0.1, 0.15) is 17.4 Å². The van der Waals surface area contributed by atoms with Crippen molar-refractivity contribution >= 4 is 51.9 Å². The van der Waals surface area contributed by atoms with Crippen LogP contribution in [0.25, 0.3) is 10.9 Å². The maximum absolute atomic E-state index is 12.7. The van der Waals surface area contributed by atoms with Crippen molar-refractivity contribution in [2.45, 2.75) is 18.3 Å². The molecule has 0 radical (unpaired) electrons. The van der Waals surface area contributed by atoms with Gasteiger partial charge in [0.05, 0.1) is 22.4 Å². The van der Waals surface area contributed by atoms with Gasteiger partial charge in [0.1, 0.15) is 5.37 Å². The number of halogens is 1. The summed E-state index contributed by atoms with van der Waals surface area (Å²) in [6.07, 6.45) is 2.18. The molecule has 160 valence electrons. The first-order valence-corrected chi connectivity index (χ1v) is 10.9. The third kappa shape index (κ3) is 4.35. The highest BCUT2D eigenvalue weighted by Crippen LogP contribution is 2.41. The Labute approximate surface area is 186 Å². The van der Waals surface area contributed by atoms with Gasteiger partial charge in [-0.1, -0.05) is 29.8 Å². The minimum absolute atomic E-state index is 0.00165. The van der Waals surface area contributed by atoms with Crippen LogP contribution >= 0.6 is 23.4 Å². The second-order valence-corrected chi connectivity index (χ2v) is 8.38. The number of hydrogen-bond acceptors (Lipinski definition) is 6. The Morgan fingerprint density at radius 2 is 2.13 bits per heavy atom. The maximum Gasteiger partial charge on any atom is 0.325 e. The summed E-state index contributed by atoms with van der Waals surface area (Å²) < 4.78 is 1.66. The van der Waals surface area contributed by atoms with Crippen LogP contribution in [0.4, 0.5) is 10.5 Å². The second kappa shape index (κ2) is 8.94. The molecule has 1 saturated heterocycles. The number of non-ortho nitro benzene ring substituents is 1. The van der Waals surface area contributed by atoms with Gasteiger partial charge < -0.3 is 5.32 Å². The molecule has 1 unspecified atom stereocenters. The Kier molecular flexibility index (Phi) is 6.10. The lowest BCUT2D eigenvalue weighted by atomic mass is 10.2. The van der Waals surface area contributed by atoms with E-state index in [9.17, 15) is 19.7 Å². The number of amides is 3. The summed E-state index contributed by atoms with van der Waals surface area (Å²) in [6, 6.07) is 11.3. The number of carbonyl (C=O) groups is 2. The second-order valence-electron chi connectivity index (χ2n) is 6.90. The van der Waals surface area contributed by atoms with Gasteiger partial charge in [0.15, 0.2) is 0 Å². The van der Waals surface area contributed by atoms with Crippen molar-refractivity contribution in [3.63, 3.8) is 0 Å². The molecule has 1 aromatic heterocycles. The Hall–Kier alpha value is -3.11. The lowest BCUT2D eigenvalue weighted by Gasteiger charge is -2.23. The fourth-order valence-electron chi connectivity index (χ4n) is 3.41. The molecule has 0 aliphatic carbocycles. The molecule has 1 aliphatic rings. The van der Waals surface area contributed by atoms with E-state index >= 15 is 0 Å². The van der Waals surface area contributed by atoms with Crippen molar-refractivity contribution in [2.75, 3.05) is 12.3 Å². The molecule has 1 aliphatic heterocycles. The predicted octanol–water partition coefficient (Wildman–Crippen LogP) is 3.97. The van der Waals surface area contributed by atoms with E-state index in [2.05, 4.69) is 10.4 Å². The minimum atomic E-state index is -0.471. The van der Waals surface area contributed by atoms with Crippen molar-refractivity contribution in [3.8, 4) is 0 Å². The monoisotopic (exact) mass is 459 g/mol. The van der Waals surface area contributed by atoms with Gasteiger partial charge in [0.25, 0.3) is 5.69 Å². The predicted molar refractivity (Wildman–Crippen MR) is 118 cm³/mol. The summed E-state index contributed by atoms with van der Waals surface area (Å²) >= 11 is 7.61. The number of benzene rings is 2. The number of urea groups is 1. The van der Waals surface area contributed by atoms with Gasteiger partial charge in [-0.25, -0.2) is 9.69 Å². The average Bonchev–Trinajstić information content (AvgIpc) is 3.34. The molecule has 4 rings (SSSR count). The summed E-state index contributed by atoms with van der Waals surface area (Å²) in [4.78, 5) is 36.7. The van der Waals surface area contributed by atoms with Crippen LogP contribution in [0.2, 0.25) is 5.02 Å². The average molecular weight is 460 g/mol. The van der Waals surface area contributed by atoms with E-state index in [1.54, 1.807) is 35.1 Å². The molecule has 0 bridgehead atoms. The van der Waals surface area contributed by atoms with Crippen LogP contribution < -0.4 is 5.32 Å². The van der Waals surface area contributed by atoms with Gasteiger partial charge in [-0.15, -0.1) is 11.8 Å². The number of aryl methyl sites for hydroxylation is 1. The quantitative estimate of drug-likeness (QED) is 0.339. The topological polar surface area (TPSA) is 110 Å². The third-order valence-electron chi connectivity index (χ3n) is 4.92. The number of nitrogens with one attached hydrogen (secondary N) is 1. The maximum atomic E-state index is 12.7. The molecule has 1 atom stereocenters. The lowest BCUT2D eigenvalue weighted by molar-refractivity contribution is -0.384. The number of aromatic nitrogens is 2. The zero-order valence-corrected chi connectivity index (χ0v) is 17.8. The summed E-state index contributed by atoms with van der Waals surface area (Å²) in [7, 11) is 0. The van der Waals surface area contributed by atoms with E-state index in [0.717, 1.165) is 10.9 Å². The Balaban J connectivity index is 1.37. The fraction of sp³-hybridized carbons (Fsp3) is 0.250. The van der Waals surface area contributed by atoms with Crippen molar-refractivity contribution in [1.82, 2.24) is 20.0 Å². The lowest BCUT2D eigenvalue weighted by Crippen LogP contribution is -2.42. The van der Waals surface area contributed by atoms with Crippen molar-refractivity contribution in [1.29, 1.82) is 0 Å². The van der Waals surface area contributed by atoms with Crippen LogP contribution in [0.15, 0.2) is 48.7 Å². The highest BCUT2D eigenvalue weighted by molar-refractivity contribution is 8.00. The standard InChI is InChI=1S/C20H18ClN5O4S/c21-16-5-2-1-4-15(16)19-25(18(27)12-31-19)20(28)22-8-3-9-24-17-10-14(26(29)30)7-6-13(17)11-23-24/h1-2,4-7,10-11,19H,3,8-9,12H2,(H,22,28). The van der Waals surface area contributed by atoms with Crippen molar-refractivity contribution in [3.05, 3.63) is 69.4 Å². The van der Waals surface area contributed by atoms with E-state index in [-0.39, 0.29) is 17.3 Å². The Morgan fingerprint density at radius 1 is 1.32 bits per heavy atom. The summed E-state index contributed by atoms with van der Waals surface area (Å²) in [5.74, 6) is -0.0562. The van der Waals surface area contributed by atoms with Gasteiger partial charge in [0.2, 0.25) is 5.91 Å².